The molecule has 0 aliphatic heterocycles. The summed E-state index contributed by atoms with van der Waals surface area (Å²) in [5.74, 6) is 0. The molecule has 0 radical (unpaired) electrons. The zero-order chi connectivity index (χ0) is 14.1. The van der Waals surface area contributed by atoms with Gasteiger partial charge in [-0.25, -0.2) is 0 Å². The Hall–Kier alpha value is -1.19. The molecule has 4 heteroatoms. The van der Waals surface area contributed by atoms with Crippen LogP contribution in [0.4, 0.5) is 18.9 Å². The van der Waals surface area contributed by atoms with Crippen molar-refractivity contribution in [3.05, 3.63) is 29.3 Å². The van der Waals surface area contributed by atoms with Gasteiger partial charge in [0.1, 0.15) is 0 Å². The van der Waals surface area contributed by atoms with Gasteiger partial charge < -0.3 is 5.32 Å². The second-order valence-corrected chi connectivity index (χ2v) is 2.78. The predicted octanol–water partition coefficient (Wildman–Crippen LogP) is 5.11. The summed E-state index contributed by atoms with van der Waals surface area (Å²) in [6.45, 7) is 9.76. The lowest BCUT2D eigenvalue weighted by Gasteiger charge is -2.10. The zero-order valence-corrected chi connectivity index (χ0v) is 11.4. The smallest absolute Gasteiger partial charge is 0.388 e. The fourth-order valence-corrected chi connectivity index (χ4v) is 1.07. The Kier molecular flexibility index (Phi) is 9.52. The number of halogens is 3. The topological polar surface area (TPSA) is 12.0 Å². The quantitative estimate of drug-likeness (QED) is 0.729. The van der Waals surface area contributed by atoms with Gasteiger partial charge in [-0.15, -0.1) is 0 Å². The molecule has 0 heterocycles. The Bertz CT molecular complexity index is 306. The number of anilines is 1. The highest BCUT2D eigenvalue weighted by Crippen LogP contribution is 2.31. The van der Waals surface area contributed by atoms with Crippen LogP contribution in [-0.2, 0) is 6.18 Å². The maximum atomic E-state index is 12.2. The standard InChI is InChI=1S/C9H10F3N.2C2H6/c1-6-3-4-7(9(10,11)12)5-8(6)13-2;2*1-2/h3-5,13H,1-2H3;2*1-2H3. The van der Waals surface area contributed by atoms with E-state index in [1.165, 1.54) is 6.07 Å². The van der Waals surface area contributed by atoms with Gasteiger partial charge in [0.15, 0.2) is 0 Å². The molecule has 0 spiro atoms. The van der Waals surface area contributed by atoms with Gasteiger partial charge >= 0.3 is 6.18 Å². The lowest BCUT2D eigenvalue weighted by atomic mass is 10.1. The van der Waals surface area contributed by atoms with E-state index in [-0.39, 0.29) is 0 Å². The summed E-state index contributed by atoms with van der Waals surface area (Å²) in [6.07, 6.45) is -4.26. The molecular weight excluding hydrogens is 227 g/mol. The first-order valence-electron chi connectivity index (χ1n) is 5.80. The first-order chi connectivity index (χ1) is 7.95. The average Bonchev–Trinajstić information content (AvgIpc) is 2.33. The van der Waals surface area contributed by atoms with E-state index < -0.39 is 11.7 Å². The summed E-state index contributed by atoms with van der Waals surface area (Å²) in [5.41, 5.74) is 0.688. The zero-order valence-electron chi connectivity index (χ0n) is 11.4. The van der Waals surface area contributed by atoms with Gasteiger partial charge in [-0.05, 0) is 24.6 Å². The molecule has 1 rings (SSSR count). The van der Waals surface area contributed by atoms with Gasteiger partial charge in [0.05, 0.1) is 5.56 Å². The van der Waals surface area contributed by atoms with Gasteiger partial charge in [-0.3, -0.25) is 0 Å². The second kappa shape index (κ2) is 8.90. The van der Waals surface area contributed by atoms with E-state index in [1.807, 2.05) is 27.7 Å². The highest BCUT2D eigenvalue weighted by atomic mass is 19.4. The molecule has 0 fully saturated rings. The van der Waals surface area contributed by atoms with Crippen LogP contribution in [0.25, 0.3) is 0 Å². The van der Waals surface area contributed by atoms with Crippen molar-refractivity contribution in [2.24, 2.45) is 0 Å². The molecule has 1 nitrogen and oxygen atoms in total. The number of aryl methyl sites for hydroxylation is 1. The molecule has 0 atom stereocenters. The van der Waals surface area contributed by atoms with Crippen molar-refractivity contribution in [2.45, 2.75) is 40.8 Å². The molecule has 1 aromatic rings. The SMILES string of the molecule is CC.CC.CNc1cc(C(F)(F)F)ccc1C. The van der Waals surface area contributed by atoms with Gasteiger partial charge in [-0.2, -0.15) is 13.2 Å². The Labute approximate surface area is 102 Å². The van der Waals surface area contributed by atoms with E-state index >= 15 is 0 Å². The van der Waals surface area contributed by atoms with Crippen LogP contribution < -0.4 is 5.32 Å². The van der Waals surface area contributed by atoms with Gasteiger partial charge in [-0.1, -0.05) is 33.8 Å². The molecule has 0 aliphatic carbocycles. The van der Waals surface area contributed by atoms with Crippen LogP contribution in [-0.4, -0.2) is 7.05 Å². The van der Waals surface area contributed by atoms with Crippen LogP contribution in [0.5, 0.6) is 0 Å². The number of hydrogen-bond acceptors (Lipinski definition) is 1. The Balaban J connectivity index is 0. The fourth-order valence-electron chi connectivity index (χ4n) is 1.07. The fraction of sp³-hybridized carbons (Fsp3) is 0.538. The minimum atomic E-state index is -4.26. The van der Waals surface area contributed by atoms with Gasteiger partial charge in [0.2, 0.25) is 0 Å². The summed E-state index contributed by atoms with van der Waals surface area (Å²) < 4.78 is 36.6. The van der Waals surface area contributed by atoms with Crippen molar-refractivity contribution >= 4 is 5.69 Å². The van der Waals surface area contributed by atoms with Crippen molar-refractivity contribution in [1.29, 1.82) is 0 Å². The molecule has 1 aromatic carbocycles. The molecule has 0 amide bonds. The van der Waals surface area contributed by atoms with Crippen molar-refractivity contribution in [2.75, 3.05) is 12.4 Å². The molecular formula is C13H22F3N. The second-order valence-electron chi connectivity index (χ2n) is 2.78. The first-order valence-corrected chi connectivity index (χ1v) is 5.80. The normalized spacial score (nSPS) is 9.47. The summed E-state index contributed by atoms with van der Waals surface area (Å²) in [7, 11) is 1.60. The largest absolute Gasteiger partial charge is 0.416 e. The number of benzene rings is 1. The number of hydrogen-bond donors (Lipinski definition) is 1. The molecule has 17 heavy (non-hydrogen) atoms. The maximum Gasteiger partial charge on any atom is 0.416 e. The van der Waals surface area contributed by atoms with Gasteiger partial charge in [0.25, 0.3) is 0 Å². The van der Waals surface area contributed by atoms with Crippen molar-refractivity contribution < 1.29 is 13.2 Å². The van der Waals surface area contributed by atoms with E-state index in [0.29, 0.717) is 5.69 Å². The molecule has 100 valence electrons. The van der Waals surface area contributed by atoms with Crippen LogP contribution >= 0.6 is 0 Å². The minimum Gasteiger partial charge on any atom is -0.388 e. The van der Waals surface area contributed by atoms with Crippen LogP contribution in [0.2, 0.25) is 0 Å². The highest BCUT2D eigenvalue weighted by Gasteiger charge is 2.30. The molecule has 0 aliphatic rings. The van der Waals surface area contributed by atoms with Crippen molar-refractivity contribution in [3.8, 4) is 0 Å². The molecule has 0 aromatic heterocycles. The summed E-state index contributed by atoms with van der Waals surface area (Å²) in [4.78, 5) is 0. The lowest BCUT2D eigenvalue weighted by Crippen LogP contribution is -2.06. The van der Waals surface area contributed by atoms with Gasteiger partial charge in [0, 0.05) is 12.7 Å². The van der Waals surface area contributed by atoms with Crippen LogP contribution in [0.3, 0.4) is 0 Å². The van der Waals surface area contributed by atoms with Crippen LogP contribution in [0, 0.1) is 6.92 Å². The summed E-state index contributed by atoms with van der Waals surface area (Å²) in [5, 5.41) is 2.71. The maximum absolute atomic E-state index is 12.2. The molecule has 1 N–H and O–H groups in total. The number of nitrogens with one attached hydrogen (secondary N) is 1. The van der Waals surface area contributed by atoms with Crippen molar-refractivity contribution in [1.82, 2.24) is 0 Å². The highest BCUT2D eigenvalue weighted by molar-refractivity contribution is 5.52. The Morgan fingerprint density at radius 2 is 1.47 bits per heavy atom. The van der Waals surface area contributed by atoms with E-state index in [9.17, 15) is 13.2 Å². The van der Waals surface area contributed by atoms with E-state index in [0.717, 1.165) is 17.7 Å². The molecule has 0 saturated carbocycles. The third-order valence-corrected chi connectivity index (χ3v) is 1.83. The first kappa shape index (κ1) is 18.2. The third kappa shape index (κ3) is 6.19. The molecule has 0 saturated heterocycles. The molecule has 0 bridgehead atoms. The summed E-state index contributed by atoms with van der Waals surface area (Å²) in [6, 6.07) is 3.64. The Morgan fingerprint density at radius 3 is 1.82 bits per heavy atom. The van der Waals surface area contributed by atoms with E-state index in [4.69, 9.17) is 0 Å². The average molecular weight is 249 g/mol. The molecule has 0 unspecified atom stereocenters. The lowest BCUT2D eigenvalue weighted by molar-refractivity contribution is -0.137. The number of alkyl halides is 3. The number of rotatable bonds is 1. The third-order valence-electron chi connectivity index (χ3n) is 1.83. The monoisotopic (exact) mass is 249 g/mol. The summed E-state index contributed by atoms with van der Waals surface area (Å²) >= 11 is 0. The minimum absolute atomic E-state index is 0.509. The van der Waals surface area contributed by atoms with E-state index in [2.05, 4.69) is 5.32 Å². The van der Waals surface area contributed by atoms with Crippen LogP contribution in [0.15, 0.2) is 18.2 Å². The van der Waals surface area contributed by atoms with Crippen molar-refractivity contribution in [3.63, 3.8) is 0 Å². The Morgan fingerprint density at radius 1 is 1.00 bits per heavy atom. The van der Waals surface area contributed by atoms with E-state index in [1.54, 1.807) is 14.0 Å². The predicted molar refractivity (Wildman–Crippen MR) is 68.4 cm³/mol. The van der Waals surface area contributed by atoms with Crippen LogP contribution in [0.1, 0.15) is 38.8 Å².